The maximum Gasteiger partial charge on any atom is 0.341 e. The van der Waals surface area contributed by atoms with Gasteiger partial charge in [-0.05, 0) is 42.8 Å². The Hall–Kier alpha value is -4.84. The molecular weight excluding hydrogens is 482 g/mol. The molecule has 0 N–H and O–H groups in total. The Balaban J connectivity index is 1.27. The molecule has 0 bridgehead atoms. The molecule has 0 aliphatic carbocycles. The Morgan fingerprint density at radius 3 is 2.65 bits per heavy atom. The number of hydrogen-bond donors (Lipinski definition) is 0. The van der Waals surface area contributed by atoms with Crippen LogP contribution in [0.4, 0.5) is 13.6 Å². The first-order valence-corrected chi connectivity index (χ1v) is 11.4. The van der Waals surface area contributed by atoms with E-state index in [0.29, 0.717) is 28.9 Å². The standard InChI is InChI=1S/C25H20F2N8O2/c1-14-21(11-29)32-33(2)23(14)20-4-3-19(27)24(31-20)37-18-12-34(13-18)25(36)35-22(5-6-30-35)16-7-15(10-28)8-17(26)9-16/h3-4,6-9,18,22H,5,12-13H2,1-2H3/t22-/m0/s1. The molecule has 2 aliphatic heterocycles. The fraction of sp³-hybridized carbons (Fsp3) is 0.280. The summed E-state index contributed by atoms with van der Waals surface area (Å²) in [6, 6.07) is 9.65. The first-order valence-electron chi connectivity index (χ1n) is 11.4. The van der Waals surface area contributed by atoms with Crippen LogP contribution in [0.25, 0.3) is 11.4 Å². The van der Waals surface area contributed by atoms with E-state index in [0.717, 1.165) is 6.07 Å². The second-order valence-corrected chi connectivity index (χ2v) is 8.75. The van der Waals surface area contributed by atoms with Crippen LogP contribution < -0.4 is 4.74 Å². The summed E-state index contributed by atoms with van der Waals surface area (Å²) in [4.78, 5) is 18.8. The van der Waals surface area contributed by atoms with Crippen molar-refractivity contribution in [3.05, 3.63) is 64.4 Å². The van der Waals surface area contributed by atoms with Gasteiger partial charge in [-0.25, -0.2) is 23.6 Å². The first-order chi connectivity index (χ1) is 17.8. The monoisotopic (exact) mass is 502 g/mol. The Morgan fingerprint density at radius 2 is 1.95 bits per heavy atom. The summed E-state index contributed by atoms with van der Waals surface area (Å²) in [5, 5.41) is 27.9. The summed E-state index contributed by atoms with van der Waals surface area (Å²) in [5.41, 5.74) is 2.48. The molecule has 2 aromatic heterocycles. The zero-order valence-electron chi connectivity index (χ0n) is 19.9. The number of rotatable bonds is 4. The molecule has 0 saturated carbocycles. The third-order valence-corrected chi connectivity index (χ3v) is 6.30. The van der Waals surface area contributed by atoms with Crippen LogP contribution in [0.3, 0.4) is 0 Å². The van der Waals surface area contributed by atoms with Gasteiger partial charge < -0.3 is 9.64 Å². The maximum atomic E-state index is 14.5. The third kappa shape index (κ3) is 4.34. The van der Waals surface area contributed by atoms with E-state index in [1.54, 1.807) is 20.2 Å². The number of hydrazone groups is 1. The summed E-state index contributed by atoms with van der Waals surface area (Å²) >= 11 is 0. The predicted octanol–water partition coefficient (Wildman–Crippen LogP) is 3.43. The van der Waals surface area contributed by atoms with Gasteiger partial charge in [0.05, 0.1) is 42.2 Å². The number of ether oxygens (including phenoxy) is 1. The Bertz CT molecular complexity index is 1510. The number of urea groups is 1. The number of carbonyl (C=O) groups excluding carboxylic acids is 1. The number of nitriles is 2. The van der Waals surface area contributed by atoms with Crippen LogP contribution in [0.5, 0.6) is 5.88 Å². The van der Waals surface area contributed by atoms with Gasteiger partial charge in [-0.15, -0.1) is 0 Å². The highest BCUT2D eigenvalue weighted by molar-refractivity contribution is 5.79. The molecule has 1 aromatic carbocycles. The van der Waals surface area contributed by atoms with E-state index < -0.39 is 29.8 Å². The molecule has 10 nitrogen and oxygen atoms in total. The van der Waals surface area contributed by atoms with Crippen molar-refractivity contribution in [2.45, 2.75) is 25.5 Å². The first kappa shape index (κ1) is 23.9. The minimum Gasteiger partial charge on any atom is -0.468 e. The van der Waals surface area contributed by atoms with Crippen molar-refractivity contribution in [3.63, 3.8) is 0 Å². The molecule has 186 valence electrons. The molecule has 2 amide bonds. The van der Waals surface area contributed by atoms with Crippen LogP contribution >= 0.6 is 0 Å². The molecule has 12 heteroatoms. The van der Waals surface area contributed by atoms with Gasteiger partial charge in [0.2, 0.25) is 0 Å². The molecule has 0 radical (unpaired) electrons. The van der Waals surface area contributed by atoms with E-state index >= 15 is 0 Å². The quantitative estimate of drug-likeness (QED) is 0.539. The zero-order chi connectivity index (χ0) is 26.3. The lowest BCUT2D eigenvalue weighted by Gasteiger charge is -2.40. The van der Waals surface area contributed by atoms with Gasteiger partial charge in [-0.1, -0.05) is 0 Å². The zero-order valence-corrected chi connectivity index (χ0v) is 19.9. The van der Waals surface area contributed by atoms with Crippen LogP contribution in [0.1, 0.15) is 34.8 Å². The van der Waals surface area contributed by atoms with Crippen molar-refractivity contribution in [1.82, 2.24) is 24.7 Å². The molecule has 0 unspecified atom stereocenters. The SMILES string of the molecule is Cc1c(C#N)nn(C)c1-c1ccc(F)c(OC2CN(C(=O)N3N=CC[C@H]3c3cc(F)cc(C#N)c3)C2)n1. The predicted molar refractivity (Wildman–Crippen MR) is 126 cm³/mol. The molecule has 5 rings (SSSR count). The second kappa shape index (κ2) is 9.32. The fourth-order valence-corrected chi connectivity index (χ4v) is 4.45. The van der Waals surface area contributed by atoms with E-state index in [-0.39, 0.29) is 30.2 Å². The normalized spacial score (nSPS) is 16.9. The summed E-state index contributed by atoms with van der Waals surface area (Å²) in [7, 11) is 1.67. The number of aromatic nitrogens is 3. The van der Waals surface area contributed by atoms with Crippen molar-refractivity contribution in [1.29, 1.82) is 10.5 Å². The minimum atomic E-state index is -0.655. The maximum absolute atomic E-state index is 14.5. The highest BCUT2D eigenvalue weighted by Crippen LogP contribution is 2.32. The van der Waals surface area contributed by atoms with Gasteiger partial charge in [-0.2, -0.15) is 20.7 Å². The molecule has 0 spiro atoms. The van der Waals surface area contributed by atoms with Crippen molar-refractivity contribution < 1.29 is 18.3 Å². The van der Waals surface area contributed by atoms with Crippen molar-refractivity contribution in [3.8, 4) is 29.4 Å². The van der Waals surface area contributed by atoms with Gasteiger partial charge in [0.15, 0.2) is 11.5 Å². The second-order valence-electron chi connectivity index (χ2n) is 8.75. The molecule has 2 aliphatic rings. The summed E-state index contributed by atoms with van der Waals surface area (Å²) in [6.45, 7) is 2.10. The highest BCUT2D eigenvalue weighted by Gasteiger charge is 2.39. The number of nitrogens with zero attached hydrogens (tertiary/aromatic N) is 8. The summed E-state index contributed by atoms with van der Waals surface area (Å²) in [6.07, 6.45) is 1.46. The summed E-state index contributed by atoms with van der Waals surface area (Å²) < 4.78 is 35.7. The van der Waals surface area contributed by atoms with Crippen LogP contribution in [-0.4, -0.2) is 56.1 Å². The third-order valence-electron chi connectivity index (χ3n) is 6.30. The van der Waals surface area contributed by atoms with E-state index in [9.17, 15) is 18.8 Å². The lowest BCUT2D eigenvalue weighted by atomic mass is 10.0. The minimum absolute atomic E-state index is 0.161. The Morgan fingerprint density at radius 1 is 1.16 bits per heavy atom. The molecule has 1 atom stereocenters. The van der Waals surface area contributed by atoms with Crippen molar-refractivity contribution in [2.24, 2.45) is 12.1 Å². The number of aryl methyl sites for hydroxylation is 1. The van der Waals surface area contributed by atoms with Crippen LogP contribution in [0.15, 0.2) is 35.4 Å². The van der Waals surface area contributed by atoms with Gasteiger partial charge in [0, 0.05) is 25.2 Å². The van der Waals surface area contributed by atoms with Crippen LogP contribution in [0, 0.1) is 41.2 Å². The van der Waals surface area contributed by atoms with Crippen molar-refractivity contribution in [2.75, 3.05) is 13.1 Å². The fourth-order valence-electron chi connectivity index (χ4n) is 4.45. The van der Waals surface area contributed by atoms with Crippen LogP contribution in [0.2, 0.25) is 0 Å². The van der Waals surface area contributed by atoms with Gasteiger partial charge in [0.1, 0.15) is 18.0 Å². The number of pyridine rings is 1. The average molecular weight is 502 g/mol. The summed E-state index contributed by atoms with van der Waals surface area (Å²) in [5.74, 6) is -1.43. The average Bonchev–Trinajstić information content (AvgIpc) is 3.45. The smallest absolute Gasteiger partial charge is 0.341 e. The Kier molecular flexibility index (Phi) is 6.01. The molecular formula is C25H20F2N8O2. The molecule has 1 fully saturated rings. The number of hydrogen-bond acceptors (Lipinski definition) is 7. The van der Waals surface area contributed by atoms with Gasteiger partial charge in [-0.3, -0.25) is 4.68 Å². The largest absolute Gasteiger partial charge is 0.468 e. The van der Waals surface area contributed by atoms with E-state index in [1.807, 2.05) is 12.1 Å². The van der Waals surface area contributed by atoms with Crippen LogP contribution in [-0.2, 0) is 7.05 Å². The highest BCUT2D eigenvalue weighted by atomic mass is 19.1. The van der Waals surface area contributed by atoms with E-state index in [4.69, 9.17) is 10.00 Å². The molecule has 1 saturated heterocycles. The van der Waals surface area contributed by atoms with E-state index in [2.05, 4.69) is 15.2 Å². The van der Waals surface area contributed by atoms with Crippen molar-refractivity contribution >= 4 is 12.2 Å². The topological polar surface area (TPSA) is 123 Å². The Labute approximate surface area is 210 Å². The molecule has 37 heavy (non-hydrogen) atoms. The molecule has 4 heterocycles. The molecule has 3 aromatic rings. The number of benzene rings is 1. The number of halogens is 2. The number of amides is 2. The van der Waals surface area contributed by atoms with Gasteiger partial charge in [0.25, 0.3) is 5.88 Å². The number of likely N-dealkylation sites (tertiary alicyclic amines) is 1. The number of carbonyl (C=O) groups is 1. The van der Waals surface area contributed by atoms with E-state index in [1.165, 1.54) is 38.9 Å². The lowest BCUT2D eigenvalue weighted by Crippen LogP contribution is -2.59. The lowest BCUT2D eigenvalue weighted by molar-refractivity contribution is 0.0231. The van der Waals surface area contributed by atoms with Gasteiger partial charge >= 0.3 is 6.03 Å².